The molecule has 0 unspecified atom stereocenters. The molecule has 0 fully saturated rings. The minimum absolute atomic E-state index is 0.0854. The molecule has 166 valence electrons. The van der Waals surface area contributed by atoms with E-state index in [1.807, 2.05) is 6.92 Å². The van der Waals surface area contributed by atoms with Crippen molar-refractivity contribution in [2.75, 3.05) is 20.3 Å². The fourth-order valence-electron chi connectivity index (χ4n) is 2.95. The molecular formula is C24H23NO7. The third-order valence-corrected chi connectivity index (χ3v) is 4.41. The van der Waals surface area contributed by atoms with Crippen molar-refractivity contribution in [2.24, 2.45) is 0 Å². The van der Waals surface area contributed by atoms with Gasteiger partial charge in [0.15, 0.2) is 11.5 Å². The number of methoxy groups -OCH3 is 1. The van der Waals surface area contributed by atoms with Crippen LogP contribution in [0.5, 0.6) is 17.2 Å². The number of esters is 1. The van der Waals surface area contributed by atoms with Crippen molar-refractivity contribution in [3.8, 4) is 17.2 Å². The van der Waals surface area contributed by atoms with Crippen LogP contribution in [0.1, 0.15) is 29.8 Å². The number of hydrogen-bond donors (Lipinski definition) is 1. The summed E-state index contributed by atoms with van der Waals surface area (Å²) >= 11 is 0. The van der Waals surface area contributed by atoms with Crippen molar-refractivity contribution in [3.05, 3.63) is 70.1 Å². The number of nitrogens with one attached hydrogen (secondary N) is 1. The zero-order valence-corrected chi connectivity index (χ0v) is 18.0. The Kier molecular flexibility index (Phi) is 7.28. The van der Waals surface area contributed by atoms with E-state index in [9.17, 15) is 14.4 Å². The largest absolute Gasteiger partial charge is 0.493 e. The minimum Gasteiger partial charge on any atom is -0.493 e. The molecule has 0 saturated heterocycles. The van der Waals surface area contributed by atoms with Gasteiger partial charge in [0, 0.05) is 24.1 Å². The SMILES string of the molecule is CCNC(=O)c1cc2ccc(OC(=O)/C=C/c3ccc(OCC)c(OC)c3)cc2oc1=O. The highest BCUT2D eigenvalue weighted by molar-refractivity contribution is 5.97. The Morgan fingerprint density at radius 3 is 2.59 bits per heavy atom. The lowest BCUT2D eigenvalue weighted by atomic mass is 10.1. The number of hydrogen-bond acceptors (Lipinski definition) is 7. The van der Waals surface area contributed by atoms with Crippen LogP contribution in [0, 0.1) is 0 Å². The van der Waals surface area contributed by atoms with E-state index in [4.69, 9.17) is 18.6 Å². The summed E-state index contributed by atoms with van der Waals surface area (Å²) in [5.41, 5.74) is 0.0762. The third kappa shape index (κ3) is 5.34. The maximum atomic E-state index is 12.2. The van der Waals surface area contributed by atoms with E-state index in [-0.39, 0.29) is 16.9 Å². The summed E-state index contributed by atoms with van der Waals surface area (Å²) in [6, 6.07) is 11.3. The first-order valence-corrected chi connectivity index (χ1v) is 10.0. The predicted molar refractivity (Wildman–Crippen MR) is 119 cm³/mol. The Labute approximate surface area is 184 Å². The molecule has 1 heterocycles. The van der Waals surface area contributed by atoms with Gasteiger partial charge in [0.25, 0.3) is 5.91 Å². The van der Waals surface area contributed by atoms with Crippen LogP contribution in [0.4, 0.5) is 0 Å². The minimum atomic E-state index is -0.767. The van der Waals surface area contributed by atoms with E-state index in [1.165, 1.54) is 25.3 Å². The van der Waals surface area contributed by atoms with E-state index in [0.29, 0.717) is 30.0 Å². The van der Waals surface area contributed by atoms with Gasteiger partial charge in [-0.1, -0.05) is 6.07 Å². The van der Waals surface area contributed by atoms with Crippen molar-refractivity contribution in [2.45, 2.75) is 13.8 Å². The van der Waals surface area contributed by atoms with E-state index >= 15 is 0 Å². The molecule has 3 aromatic rings. The van der Waals surface area contributed by atoms with E-state index in [0.717, 1.165) is 5.56 Å². The summed E-state index contributed by atoms with van der Waals surface area (Å²) in [4.78, 5) is 36.3. The van der Waals surface area contributed by atoms with Crippen LogP contribution in [0.15, 0.2) is 57.8 Å². The zero-order valence-electron chi connectivity index (χ0n) is 18.0. The van der Waals surface area contributed by atoms with Gasteiger partial charge in [-0.15, -0.1) is 0 Å². The molecule has 1 aromatic heterocycles. The van der Waals surface area contributed by atoms with E-state index < -0.39 is 17.5 Å². The lowest BCUT2D eigenvalue weighted by Gasteiger charge is -2.09. The number of rotatable bonds is 8. The maximum absolute atomic E-state index is 12.2. The first kappa shape index (κ1) is 22.6. The van der Waals surface area contributed by atoms with Crippen molar-refractivity contribution in [3.63, 3.8) is 0 Å². The molecule has 0 aliphatic carbocycles. The van der Waals surface area contributed by atoms with Crippen LogP contribution in [-0.4, -0.2) is 32.1 Å². The molecule has 0 radical (unpaired) electrons. The van der Waals surface area contributed by atoms with Crippen molar-refractivity contribution in [1.29, 1.82) is 0 Å². The van der Waals surface area contributed by atoms with Crippen LogP contribution in [0.2, 0.25) is 0 Å². The average Bonchev–Trinajstić information content (AvgIpc) is 2.78. The Morgan fingerprint density at radius 2 is 1.88 bits per heavy atom. The van der Waals surface area contributed by atoms with Gasteiger partial charge in [0.1, 0.15) is 16.9 Å². The van der Waals surface area contributed by atoms with Crippen LogP contribution in [0.25, 0.3) is 17.0 Å². The van der Waals surface area contributed by atoms with Crippen molar-refractivity contribution >= 4 is 28.9 Å². The summed E-state index contributed by atoms with van der Waals surface area (Å²) < 4.78 is 21.3. The lowest BCUT2D eigenvalue weighted by Crippen LogP contribution is -2.27. The monoisotopic (exact) mass is 437 g/mol. The highest BCUT2D eigenvalue weighted by Gasteiger charge is 2.13. The molecule has 1 N–H and O–H groups in total. The number of amides is 1. The number of carbonyl (C=O) groups is 2. The molecular weight excluding hydrogens is 414 g/mol. The second kappa shape index (κ2) is 10.3. The predicted octanol–water partition coefficient (Wildman–Crippen LogP) is 3.57. The molecule has 0 atom stereocenters. The number of fused-ring (bicyclic) bond motifs is 1. The van der Waals surface area contributed by atoms with Crippen LogP contribution < -0.4 is 25.2 Å². The Morgan fingerprint density at radius 1 is 1.06 bits per heavy atom. The van der Waals surface area contributed by atoms with Crippen molar-refractivity contribution in [1.82, 2.24) is 5.32 Å². The summed E-state index contributed by atoms with van der Waals surface area (Å²) in [7, 11) is 1.54. The molecule has 0 aliphatic rings. The van der Waals surface area contributed by atoms with Crippen LogP contribution in [0.3, 0.4) is 0 Å². The second-order valence-corrected chi connectivity index (χ2v) is 6.60. The summed E-state index contributed by atoms with van der Waals surface area (Å²) in [6.07, 6.45) is 2.86. The van der Waals surface area contributed by atoms with Gasteiger partial charge in [-0.25, -0.2) is 9.59 Å². The lowest BCUT2D eigenvalue weighted by molar-refractivity contribution is -0.128. The van der Waals surface area contributed by atoms with Gasteiger partial charge in [0.2, 0.25) is 0 Å². The van der Waals surface area contributed by atoms with Crippen molar-refractivity contribution < 1.29 is 28.2 Å². The number of carbonyl (C=O) groups excluding carboxylic acids is 2. The normalized spacial score (nSPS) is 10.8. The molecule has 3 rings (SSSR count). The highest BCUT2D eigenvalue weighted by Crippen LogP contribution is 2.28. The fourth-order valence-corrected chi connectivity index (χ4v) is 2.95. The summed E-state index contributed by atoms with van der Waals surface area (Å²) in [6.45, 7) is 4.53. The Balaban J connectivity index is 1.74. The average molecular weight is 437 g/mol. The third-order valence-electron chi connectivity index (χ3n) is 4.41. The topological polar surface area (TPSA) is 104 Å². The molecule has 32 heavy (non-hydrogen) atoms. The van der Waals surface area contributed by atoms with Gasteiger partial charge in [-0.3, -0.25) is 4.79 Å². The van der Waals surface area contributed by atoms with Crippen LogP contribution >= 0.6 is 0 Å². The molecule has 0 bridgehead atoms. The maximum Gasteiger partial charge on any atom is 0.349 e. The van der Waals surface area contributed by atoms with Gasteiger partial charge >= 0.3 is 11.6 Å². The van der Waals surface area contributed by atoms with Crippen LogP contribution in [-0.2, 0) is 4.79 Å². The molecule has 0 aliphatic heterocycles. The highest BCUT2D eigenvalue weighted by atomic mass is 16.5. The van der Waals surface area contributed by atoms with Gasteiger partial charge in [0.05, 0.1) is 13.7 Å². The zero-order chi connectivity index (χ0) is 23.1. The Bertz CT molecular complexity index is 1230. The van der Waals surface area contributed by atoms with Gasteiger partial charge in [-0.05, 0) is 55.8 Å². The Hall–Kier alpha value is -4.07. The molecule has 1 amide bonds. The molecule has 8 nitrogen and oxygen atoms in total. The second-order valence-electron chi connectivity index (χ2n) is 6.60. The first-order valence-electron chi connectivity index (χ1n) is 10.0. The van der Waals surface area contributed by atoms with E-state index in [1.54, 1.807) is 43.3 Å². The van der Waals surface area contributed by atoms with Gasteiger partial charge in [-0.2, -0.15) is 0 Å². The molecule has 0 spiro atoms. The molecule has 0 saturated carbocycles. The number of ether oxygens (including phenoxy) is 3. The fraction of sp³-hybridized carbons (Fsp3) is 0.208. The smallest absolute Gasteiger partial charge is 0.349 e. The van der Waals surface area contributed by atoms with Gasteiger partial charge < -0.3 is 23.9 Å². The summed E-state index contributed by atoms with van der Waals surface area (Å²) in [5.74, 6) is 0.250. The number of benzene rings is 2. The first-order chi connectivity index (χ1) is 15.4. The summed E-state index contributed by atoms with van der Waals surface area (Å²) in [5, 5.41) is 3.09. The standard InChI is InChI=1S/C24H23NO7/c1-4-25-23(27)18-13-16-8-9-17(14-20(16)32-24(18)28)31-22(26)11-7-15-6-10-19(30-5-2)21(12-15)29-3/h6-14H,4-5H2,1-3H3,(H,25,27)/b11-7+. The molecule has 8 heteroatoms. The quantitative estimate of drug-likeness (QED) is 0.249. The van der Waals surface area contributed by atoms with E-state index in [2.05, 4.69) is 5.32 Å². The molecule has 2 aromatic carbocycles.